The Bertz CT molecular complexity index is 433. The largest absolute Gasteiger partial charge is 0.476 e. The number of carbonyl (C=O) groups is 2. The zero-order chi connectivity index (χ0) is 13.2. The van der Waals surface area contributed by atoms with Crippen molar-refractivity contribution in [2.45, 2.75) is 33.8 Å². The fourth-order valence-corrected chi connectivity index (χ4v) is 1.49. The van der Waals surface area contributed by atoms with Crippen LogP contribution < -0.4 is 0 Å². The summed E-state index contributed by atoms with van der Waals surface area (Å²) in [5, 5.41) is 9.97. The first-order valence-corrected chi connectivity index (χ1v) is 5.99. The van der Waals surface area contributed by atoms with Gasteiger partial charge >= 0.3 is 11.9 Å². The number of esters is 1. The van der Waals surface area contributed by atoms with Crippen LogP contribution in [0.3, 0.4) is 0 Å². The number of carboxylic acids is 1. The Morgan fingerprint density at radius 3 is 2.47 bits per heavy atom. The molecular weight excluding hydrogens is 242 g/mol. The van der Waals surface area contributed by atoms with Crippen molar-refractivity contribution in [3.8, 4) is 0 Å². The van der Waals surface area contributed by atoms with Crippen molar-refractivity contribution in [2.24, 2.45) is 5.41 Å². The number of ether oxygens (including phenoxy) is 1. The molecule has 6 heteroatoms. The molecular formula is C11H15NO4S. The van der Waals surface area contributed by atoms with Crippen LogP contribution in [0.1, 0.15) is 48.0 Å². The Morgan fingerprint density at radius 2 is 2.06 bits per heavy atom. The molecule has 1 rings (SSSR count). The van der Waals surface area contributed by atoms with Gasteiger partial charge in [-0.3, -0.25) is 0 Å². The predicted octanol–water partition coefficient (Wildman–Crippen LogP) is 2.43. The average molecular weight is 257 g/mol. The van der Waals surface area contributed by atoms with Crippen molar-refractivity contribution in [3.05, 3.63) is 16.1 Å². The predicted molar refractivity (Wildman–Crippen MR) is 63.4 cm³/mol. The van der Waals surface area contributed by atoms with Crippen molar-refractivity contribution in [3.63, 3.8) is 0 Å². The zero-order valence-electron chi connectivity index (χ0n) is 10.2. The zero-order valence-corrected chi connectivity index (χ0v) is 11.0. The Morgan fingerprint density at radius 1 is 1.47 bits per heavy atom. The fraction of sp³-hybridized carbons (Fsp3) is 0.545. The molecule has 0 spiro atoms. The van der Waals surface area contributed by atoms with Gasteiger partial charge in [-0.2, -0.15) is 0 Å². The second-order valence-corrected chi connectivity index (χ2v) is 5.61. The summed E-state index contributed by atoms with van der Waals surface area (Å²) in [6, 6.07) is 0. The first-order chi connectivity index (χ1) is 7.71. The highest BCUT2D eigenvalue weighted by Gasteiger charge is 2.25. The maximum atomic E-state index is 11.7. The molecule has 0 fully saturated rings. The Balaban J connectivity index is 2.73. The summed E-state index contributed by atoms with van der Waals surface area (Å²) in [5.74, 6) is -1.73. The quantitative estimate of drug-likeness (QED) is 0.841. The summed E-state index contributed by atoms with van der Waals surface area (Å²) >= 11 is 0.909. The van der Waals surface area contributed by atoms with Crippen molar-refractivity contribution >= 4 is 23.3 Å². The van der Waals surface area contributed by atoms with Gasteiger partial charge in [0.25, 0.3) is 0 Å². The van der Waals surface area contributed by atoms with Crippen LogP contribution in [0.15, 0.2) is 5.38 Å². The second-order valence-electron chi connectivity index (χ2n) is 4.76. The monoisotopic (exact) mass is 257 g/mol. The van der Waals surface area contributed by atoms with E-state index in [1.807, 2.05) is 20.8 Å². The smallest absolute Gasteiger partial charge is 0.365 e. The second kappa shape index (κ2) is 4.83. The normalized spacial score (nSPS) is 13.2. The van der Waals surface area contributed by atoms with Gasteiger partial charge in [-0.05, 0) is 12.3 Å². The summed E-state index contributed by atoms with van der Waals surface area (Å²) in [7, 11) is 0. The molecule has 0 aromatic carbocycles. The SMILES string of the molecule is CC(OC(=O)c1csc(C(=O)O)n1)C(C)(C)C. The number of carboxylic acid groups (broad SMARTS) is 1. The maximum Gasteiger partial charge on any atom is 0.365 e. The third kappa shape index (κ3) is 3.52. The lowest BCUT2D eigenvalue weighted by Crippen LogP contribution is -2.28. The van der Waals surface area contributed by atoms with Gasteiger partial charge in [0.15, 0.2) is 5.69 Å². The molecule has 17 heavy (non-hydrogen) atoms. The molecule has 1 aromatic rings. The molecule has 1 N–H and O–H groups in total. The van der Waals surface area contributed by atoms with E-state index in [9.17, 15) is 9.59 Å². The van der Waals surface area contributed by atoms with Crippen LogP contribution >= 0.6 is 11.3 Å². The molecule has 1 unspecified atom stereocenters. The summed E-state index contributed by atoms with van der Waals surface area (Å²) in [6.45, 7) is 7.65. The van der Waals surface area contributed by atoms with Crippen LogP contribution in [-0.2, 0) is 4.74 Å². The molecule has 1 heterocycles. The van der Waals surface area contributed by atoms with Gasteiger partial charge in [-0.25, -0.2) is 14.6 Å². The van der Waals surface area contributed by atoms with Gasteiger partial charge < -0.3 is 9.84 Å². The molecule has 5 nitrogen and oxygen atoms in total. The van der Waals surface area contributed by atoms with Crippen molar-refractivity contribution in [2.75, 3.05) is 0 Å². The maximum absolute atomic E-state index is 11.7. The average Bonchev–Trinajstić information content (AvgIpc) is 2.64. The van der Waals surface area contributed by atoms with Crippen LogP contribution in [0.25, 0.3) is 0 Å². The number of hydrogen-bond acceptors (Lipinski definition) is 5. The van der Waals surface area contributed by atoms with E-state index < -0.39 is 11.9 Å². The Kier molecular flexibility index (Phi) is 3.87. The molecule has 1 aromatic heterocycles. The van der Waals surface area contributed by atoms with Crippen molar-refractivity contribution in [1.82, 2.24) is 4.98 Å². The van der Waals surface area contributed by atoms with Crippen LogP contribution in [0.5, 0.6) is 0 Å². The molecule has 0 saturated carbocycles. The third-order valence-corrected chi connectivity index (χ3v) is 3.23. The van der Waals surface area contributed by atoms with E-state index in [1.54, 1.807) is 6.92 Å². The van der Waals surface area contributed by atoms with E-state index in [0.717, 1.165) is 11.3 Å². The Hall–Kier alpha value is -1.43. The number of carbonyl (C=O) groups excluding carboxylic acids is 1. The van der Waals surface area contributed by atoms with E-state index in [0.29, 0.717) is 0 Å². The minimum Gasteiger partial charge on any atom is -0.476 e. The highest BCUT2D eigenvalue weighted by Crippen LogP contribution is 2.23. The van der Waals surface area contributed by atoms with Gasteiger partial charge in [0.05, 0.1) is 0 Å². The van der Waals surface area contributed by atoms with Crippen molar-refractivity contribution in [1.29, 1.82) is 0 Å². The molecule has 1 atom stereocenters. The summed E-state index contributed by atoms with van der Waals surface area (Å²) in [6.07, 6.45) is -0.273. The summed E-state index contributed by atoms with van der Waals surface area (Å²) in [4.78, 5) is 26.0. The summed E-state index contributed by atoms with van der Waals surface area (Å²) in [5.41, 5.74) is -0.120. The van der Waals surface area contributed by atoms with Crippen LogP contribution in [0.2, 0.25) is 0 Å². The molecule has 0 amide bonds. The number of hydrogen-bond donors (Lipinski definition) is 1. The minimum absolute atomic E-state index is 0.0449. The highest BCUT2D eigenvalue weighted by molar-refractivity contribution is 7.11. The number of aromatic carboxylic acids is 1. The van der Waals surface area contributed by atoms with Crippen molar-refractivity contribution < 1.29 is 19.4 Å². The molecule has 0 radical (unpaired) electrons. The first kappa shape index (κ1) is 13.6. The number of aromatic nitrogens is 1. The molecule has 0 aliphatic rings. The number of nitrogens with zero attached hydrogens (tertiary/aromatic N) is 1. The van der Waals surface area contributed by atoms with Gasteiger partial charge in [-0.15, -0.1) is 11.3 Å². The third-order valence-electron chi connectivity index (χ3n) is 2.40. The molecule has 0 aliphatic carbocycles. The number of thiazole rings is 1. The van der Waals surface area contributed by atoms with E-state index in [-0.39, 0.29) is 22.2 Å². The molecule has 0 saturated heterocycles. The van der Waals surface area contributed by atoms with E-state index in [4.69, 9.17) is 9.84 Å². The van der Waals surface area contributed by atoms with Gasteiger partial charge in [0, 0.05) is 5.38 Å². The lowest BCUT2D eigenvalue weighted by Gasteiger charge is -2.26. The first-order valence-electron chi connectivity index (χ1n) is 5.11. The Labute approximate surface area is 103 Å². The van der Waals surface area contributed by atoms with Crippen LogP contribution in [0, 0.1) is 5.41 Å². The molecule has 94 valence electrons. The number of rotatable bonds is 3. The van der Waals surface area contributed by atoms with Gasteiger partial charge in [0.2, 0.25) is 5.01 Å². The van der Waals surface area contributed by atoms with Crippen LogP contribution in [0.4, 0.5) is 0 Å². The minimum atomic E-state index is -1.14. The fourth-order valence-electron chi connectivity index (χ4n) is 0.863. The topological polar surface area (TPSA) is 76.5 Å². The highest BCUT2D eigenvalue weighted by atomic mass is 32.1. The lowest BCUT2D eigenvalue weighted by molar-refractivity contribution is 0.00426. The van der Waals surface area contributed by atoms with E-state index >= 15 is 0 Å². The van der Waals surface area contributed by atoms with E-state index in [2.05, 4.69) is 4.98 Å². The van der Waals surface area contributed by atoms with E-state index in [1.165, 1.54) is 5.38 Å². The van der Waals surface area contributed by atoms with Crippen LogP contribution in [-0.4, -0.2) is 28.1 Å². The molecule has 0 aliphatic heterocycles. The standard InChI is InChI=1S/C11H15NO4S/c1-6(11(2,3)4)16-10(15)7-5-17-8(12-7)9(13)14/h5-6H,1-4H3,(H,13,14). The van der Waals surface area contributed by atoms with Gasteiger partial charge in [0.1, 0.15) is 6.10 Å². The summed E-state index contributed by atoms with van der Waals surface area (Å²) < 4.78 is 5.21. The lowest BCUT2D eigenvalue weighted by atomic mass is 9.90. The van der Waals surface area contributed by atoms with Gasteiger partial charge in [-0.1, -0.05) is 20.8 Å². The molecule has 0 bridgehead atoms.